The summed E-state index contributed by atoms with van der Waals surface area (Å²) in [6.07, 6.45) is 1.94. The number of benzene rings is 1. The van der Waals surface area contributed by atoms with Gasteiger partial charge in [-0.05, 0) is 12.1 Å². The minimum Gasteiger partial charge on any atom is -0.497 e. The first-order valence-corrected chi connectivity index (χ1v) is 7.67. The molecule has 1 aromatic carbocycles. The second-order valence-corrected chi connectivity index (χ2v) is 6.92. The van der Waals surface area contributed by atoms with Crippen molar-refractivity contribution in [1.82, 2.24) is 4.98 Å². The summed E-state index contributed by atoms with van der Waals surface area (Å²) in [4.78, 5) is 5.70. The Hall–Kier alpha value is -1.75. The second-order valence-electron chi connectivity index (χ2n) is 5.80. The molecule has 0 bridgehead atoms. The van der Waals surface area contributed by atoms with Crippen LogP contribution in [0.5, 0.6) is 11.5 Å². The van der Waals surface area contributed by atoms with E-state index in [2.05, 4.69) is 31.1 Å². The number of methoxy groups -OCH3 is 2. The van der Waals surface area contributed by atoms with Crippen molar-refractivity contribution in [3.8, 4) is 11.5 Å². The standard InChI is InChI=1S/C16H22N2O2S/c1-16(2,3)15-18-10-12(21-15)9-17-13-7-6-11(19-4)8-14(13)20-5/h6-8,10,17H,9H2,1-5H3. The molecule has 0 saturated carbocycles. The molecule has 0 unspecified atom stereocenters. The molecule has 1 aromatic heterocycles. The van der Waals surface area contributed by atoms with Gasteiger partial charge in [0.25, 0.3) is 0 Å². The van der Waals surface area contributed by atoms with Crippen molar-refractivity contribution >= 4 is 17.0 Å². The van der Waals surface area contributed by atoms with E-state index in [9.17, 15) is 0 Å². The Morgan fingerprint density at radius 2 is 1.95 bits per heavy atom. The van der Waals surface area contributed by atoms with Gasteiger partial charge < -0.3 is 14.8 Å². The van der Waals surface area contributed by atoms with Crippen LogP contribution in [0.15, 0.2) is 24.4 Å². The van der Waals surface area contributed by atoms with Crippen LogP contribution < -0.4 is 14.8 Å². The lowest BCUT2D eigenvalue weighted by Crippen LogP contribution is -2.09. The van der Waals surface area contributed by atoms with Crippen molar-refractivity contribution in [3.63, 3.8) is 0 Å². The van der Waals surface area contributed by atoms with Crippen LogP contribution in [0.3, 0.4) is 0 Å². The smallest absolute Gasteiger partial charge is 0.145 e. The SMILES string of the molecule is COc1ccc(NCc2cnc(C(C)(C)C)s2)c(OC)c1. The van der Waals surface area contributed by atoms with Crippen LogP contribution >= 0.6 is 11.3 Å². The summed E-state index contributed by atoms with van der Waals surface area (Å²) in [6.45, 7) is 7.26. The number of rotatable bonds is 5. The predicted octanol–water partition coefficient (Wildman–Crippen LogP) is 4.07. The van der Waals surface area contributed by atoms with Gasteiger partial charge in [-0.15, -0.1) is 11.3 Å². The highest BCUT2D eigenvalue weighted by Crippen LogP contribution is 2.31. The molecule has 4 nitrogen and oxygen atoms in total. The van der Waals surface area contributed by atoms with Crippen molar-refractivity contribution in [1.29, 1.82) is 0 Å². The Kier molecular flexibility index (Phi) is 4.73. The molecule has 114 valence electrons. The van der Waals surface area contributed by atoms with Crippen LogP contribution in [0.1, 0.15) is 30.7 Å². The molecule has 0 aliphatic heterocycles. The summed E-state index contributed by atoms with van der Waals surface area (Å²) < 4.78 is 10.6. The first-order valence-electron chi connectivity index (χ1n) is 6.85. The highest BCUT2D eigenvalue weighted by Gasteiger charge is 2.18. The molecule has 0 saturated heterocycles. The van der Waals surface area contributed by atoms with Crippen LogP contribution in [-0.4, -0.2) is 19.2 Å². The summed E-state index contributed by atoms with van der Waals surface area (Å²) in [5.74, 6) is 1.56. The maximum atomic E-state index is 5.38. The lowest BCUT2D eigenvalue weighted by Gasteiger charge is -2.13. The molecule has 5 heteroatoms. The number of thiazole rings is 1. The molecule has 1 heterocycles. The van der Waals surface area contributed by atoms with Crippen molar-refractivity contribution in [2.24, 2.45) is 0 Å². The van der Waals surface area contributed by atoms with E-state index < -0.39 is 0 Å². The fraction of sp³-hybridized carbons (Fsp3) is 0.438. The highest BCUT2D eigenvalue weighted by molar-refractivity contribution is 7.11. The molecule has 0 fully saturated rings. The first kappa shape index (κ1) is 15.6. The predicted molar refractivity (Wildman–Crippen MR) is 87.7 cm³/mol. The Morgan fingerprint density at radius 3 is 2.52 bits per heavy atom. The van der Waals surface area contributed by atoms with E-state index >= 15 is 0 Å². The number of anilines is 1. The van der Waals surface area contributed by atoms with E-state index in [1.165, 1.54) is 4.88 Å². The van der Waals surface area contributed by atoms with Crippen molar-refractivity contribution < 1.29 is 9.47 Å². The number of nitrogens with zero attached hydrogens (tertiary/aromatic N) is 1. The Balaban J connectivity index is 2.08. The average Bonchev–Trinajstić information content (AvgIpc) is 2.94. The fourth-order valence-corrected chi connectivity index (χ4v) is 2.77. The van der Waals surface area contributed by atoms with Gasteiger partial charge in [0.1, 0.15) is 11.5 Å². The van der Waals surface area contributed by atoms with Gasteiger partial charge in [0, 0.05) is 22.6 Å². The van der Waals surface area contributed by atoms with E-state index in [0.29, 0.717) is 0 Å². The molecule has 0 amide bonds. The van der Waals surface area contributed by atoms with Crippen LogP contribution in [0.2, 0.25) is 0 Å². The molecular formula is C16H22N2O2S. The third-order valence-electron chi connectivity index (χ3n) is 3.06. The van der Waals surface area contributed by atoms with Crippen molar-refractivity contribution in [3.05, 3.63) is 34.3 Å². The Morgan fingerprint density at radius 1 is 1.19 bits per heavy atom. The topological polar surface area (TPSA) is 43.4 Å². The zero-order valence-corrected chi connectivity index (χ0v) is 14.0. The van der Waals surface area contributed by atoms with Gasteiger partial charge in [0.05, 0.1) is 31.5 Å². The molecule has 1 N–H and O–H groups in total. The zero-order valence-electron chi connectivity index (χ0n) is 13.2. The molecule has 0 aliphatic carbocycles. The zero-order chi connectivity index (χ0) is 15.5. The van der Waals surface area contributed by atoms with Gasteiger partial charge in [-0.1, -0.05) is 20.8 Å². The maximum Gasteiger partial charge on any atom is 0.145 e. The molecule has 0 radical (unpaired) electrons. The highest BCUT2D eigenvalue weighted by atomic mass is 32.1. The van der Waals surface area contributed by atoms with Gasteiger partial charge in [-0.25, -0.2) is 4.98 Å². The lowest BCUT2D eigenvalue weighted by atomic mass is 9.98. The van der Waals surface area contributed by atoms with E-state index in [0.717, 1.165) is 28.7 Å². The van der Waals surface area contributed by atoms with Crippen LogP contribution in [-0.2, 0) is 12.0 Å². The Bertz CT molecular complexity index is 603. The third kappa shape index (κ3) is 3.88. The van der Waals surface area contributed by atoms with Gasteiger partial charge in [-0.2, -0.15) is 0 Å². The summed E-state index contributed by atoms with van der Waals surface area (Å²) in [6, 6.07) is 5.75. The summed E-state index contributed by atoms with van der Waals surface area (Å²) in [5, 5.41) is 4.54. The molecule has 21 heavy (non-hydrogen) atoms. The van der Waals surface area contributed by atoms with Gasteiger partial charge >= 0.3 is 0 Å². The number of ether oxygens (including phenoxy) is 2. The minimum absolute atomic E-state index is 0.0979. The van der Waals surface area contributed by atoms with E-state index in [1.807, 2.05) is 24.4 Å². The number of aromatic nitrogens is 1. The second kappa shape index (κ2) is 6.35. The molecule has 2 aromatic rings. The van der Waals surface area contributed by atoms with Crippen LogP contribution in [0, 0.1) is 0 Å². The largest absolute Gasteiger partial charge is 0.497 e. The van der Waals surface area contributed by atoms with Gasteiger partial charge in [-0.3, -0.25) is 0 Å². The molecule has 0 spiro atoms. The number of nitrogens with one attached hydrogen (secondary N) is 1. The molecule has 0 aliphatic rings. The average molecular weight is 306 g/mol. The Labute approximate surface area is 130 Å². The minimum atomic E-state index is 0.0979. The van der Waals surface area contributed by atoms with Crippen molar-refractivity contribution in [2.45, 2.75) is 32.7 Å². The summed E-state index contributed by atoms with van der Waals surface area (Å²) >= 11 is 1.74. The van der Waals surface area contributed by atoms with Crippen LogP contribution in [0.4, 0.5) is 5.69 Å². The normalized spacial score (nSPS) is 11.3. The van der Waals surface area contributed by atoms with E-state index in [-0.39, 0.29) is 5.41 Å². The molecule has 2 rings (SSSR count). The number of hydrogen-bond acceptors (Lipinski definition) is 5. The monoisotopic (exact) mass is 306 g/mol. The fourth-order valence-electron chi connectivity index (χ4n) is 1.86. The summed E-state index contributed by atoms with van der Waals surface area (Å²) in [7, 11) is 3.30. The third-order valence-corrected chi connectivity index (χ3v) is 4.48. The quantitative estimate of drug-likeness (QED) is 0.904. The first-order chi connectivity index (χ1) is 9.94. The summed E-state index contributed by atoms with van der Waals surface area (Å²) in [5.41, 5.74) is 1.05. The van der Waals surface area contributed by atoms with E-state index in [4.69, 9.17) is 9.47 Å². The maximum absolute atomic E-state index is 5.38. The molecule has 0 atom stereocenters. The van der Waals surface area contributed by atoms with Gasteiger partial charge in [0.2, 0.25) is 0 Å². The lowest BCUT2D eigenvalue weighted by molar-refractivity contribution is 0.395. The van der Waals surface area contributed by atoms with Crippen molar-refractivity contribution in [2.75, 3.05) is 19.5 Å². The molecular weight excluding hydrogens is 284 g/mol. The number of hydrogen-bond donors (Lipinski definition) is 1. The van der Waals surface area contributed by atoms with Crippen LogP contribution in [0.25, 0.3) is 0 Å². The van der Waals surface area contributed by atoms with Gasteiger partial charge in [0.15, 0.2) is 0 Å². The van der Waals surface area contributed by atoms with E-state index in [1.54, 1.807) is 25.6 Å².